The van der Waals surface area contributed by atoms with Crippen LogP contribution in [0.1, 0.15) is 5.56 Å². The van der Waals surface area contributed by atoms with Crippen LogP contribution in [0.25, 0.3) is 0 Å². The summed E-state index contributed by atoms with van der Waals surface area (Å²) >= 11 is 0. The van der Waals surface area contributed by atoms with E-state index in [1.54, 1.807) is 4.72 Å². The Labute approximate surface area is 122 Å². The summed E-state index contributed by atoms with van der Waals surface area (Å²) in [6.07, 6.45) is -4.81. The van der Waals surface area contributed by atoms with Gasteiger partial charge in [-0.2, -0.15) is 13.2 Å². The summed E-state index contributed by atoms with van der Waals surface area (Å²) < 4.78 is 90.5. The number of sulfonamides is 1. The van der Waals surface area contributed by atoms with E-state index in [2.05, 4.69) is 0 Å². The zero-order valence-electron chi connectivity index (χ0n) is 10.7. The van der Waals surface area contributed by atoms with E-state index in [1.807, 2.05) is 0 Å². The maximum Gasteiger partial charge on any atom is 0.418 e. The third-order valence-corrected chi connectivity index (χ3v) is 4.04. The number of alkyl halides is 3. The highest BCUT2D eigenvalue weighted by Gasteiger charge is 2.34. The molecule has 0 atom stereocenters. The van der Waals surface area contributed by atoms with Crippen LogP contribution in [0, 0.1) is 11.6 Å². The van der Waals surface area contributed by atoms with Gasteiger partial charge >= 0.3 is 6.18 Å². The Kier molecular flexibility index (Phi) is 4.10. The maximum atomic E-state index is 13.5. The number of para-hydroxylation sites is 1. The minimum Gasteiger partial charge on any atom is -0.279 e. The summed E-state index contributed by atoms with van der Waals surface area (Å²) in [6.45, 7) is 0. The molecule has 0 aliphatic rings. The minimum atomic E-state index is -4.81. The molecule has 118 valence electrons. The molecule has 0 aromatic heterocycles. The molecular weight excluding hydrogens is 329 g/mol. The van der Waals surface area contributed by atoms with Crippen molar-refractivity contribution in [1.29, 1.82) is 0 Å². The SMILES string of the molecule is O=S(=O)(Nc1ccccc1C(F)(F)F)c1cc(F)ccc1F. The summed E-state index contributed by atoms with van der Waals surface area (Å²) in [5.41, 5.74) is -2.02. The number of benzene rings is 2. The van der Waals surface area contributed by atoms with E-state index in [4.69, 9.17) is 0 Å². The Morgan fingerprint density at radius 2 is 1.59 bits per heavy atom. The van der Waals surface area contributed by atoms with E-state index >= 15 is 0 Å². The number of hydrogen-bond acceptors (Lipinski definition) is 2. The first-order valence-corrected chi connectivity index (χ1v) is 7.24. The quantitative estimate of drug-likeness (QED) is 0.867. The zero-order valence-corrected chi connectivity index (χ0v) is 11.5. The van der Waals surface area contributed by atoms with Crippen LogP contribution in [0.15, 0.2) is 47.4 Å². The molecule has 22 heavy (non-hydrogen) atoms. The van der Waals surface area contributed by atoms with Crippen LogP contribution in [0.2, 0.25) is 0 Å². The Morgan fingerprint density at radius 1 is 0.955 bits per heavy atom. The lowest BCUT2D eigenvalue weighted by molar-refractivity contribution is -0.136. The summed E-state index contributed by atoms with van der Waals surface area (Å²) in [7, 11) is -4.71. The van der Waals surface area contributed by atoms with Crippen LogP contribution in [-0.2, 0) is 16.2 Å². The molecule has 0 saturated heterocycles. The summed E-state index contributed by atoms with van der Waals surface area (Å²) in [5, 5.41) is 0. The van der Waals surface area contributed by atoms with Gasteiger partial charge in [0.25, 0.3) is 10.0 Å². The van der Waals surface area contributed by atoms with Gasteiger partial charge < -0.3 is 0 Å². The van der Waals surface area contributed by atoms with E-state index in [9.17, 15) is 30.4 Å². The van der Waals surface area contributed by atoms with Crippen molar-refractivity contribution in [3.63, 3.8) is 0 Å². The van der Waals surface area contributed by atoms with Gasteiger partial charge in [-0.05, 0) is 30.3 Å². The Balaban J connectivity index is 2.49. The van der Waals surface area contributed by atoms with Crippen molar-refractivity contribution in [3.05, 3.63) is 59.7 Å². The molecule has 0 saturated carbocycles. The fraction of sp³-hybridized carbons (Fsp3) is 0.0769. The minimum absolute atomic E-state index is 0.383. The normalized spacial score (nSPS) is 12.2. The van der Waals surface area contributed by atoms with Crippen molar-refractivity contribution >= 4 is 15.7 Å². The van der Waals surface area contributed by atoms with Gasteiger partial charge in [-0.1, -0.05) is 12.1 Å². The van der Waals surface area contributed by atoms with E-state index in [0.29, 0.717) is 24.3 Å². The number of nitrogens with one attached hydrogen (secondary N) is 1. The molecule has 0 radical (unpaired) electrons. The standard InChI is InChI=1S/C13H8F5NO2S/c14-8-5-6-10(15)12(7-8)22(20,21)19-11-4-2-1-3-9(11)13(16,17)18/h1-7,19H. The van der Waals surface area contributed by atoms with Gasteiger partial charge in [-0.3, -0.25) is 4.72 Å². The van der Waals surface area contributed by atoms with Crippen LogP contribution >= 0.6 is 0 Å². The first-order valence-electron chi connectivity index (χ1n) is 5.75. The molecule has 2 rings (SSSR count). The maximum absolute atomic E-state index is 13.5. The van der Waals surface area contributed by atoms with Crippen molar-refractivity contribution in [2.24, 2.45) is 0 Å². The Hall–Kier alpha value is -2.16. The van der Waals surface area contributed by atoms with Gasteiger partial charge in [0.15, 0.2) is 0 Å². The monoisotopic (exact) mass is 337 g/mol. The third-order valence-electron chi connectivity index (χ3n) is 2.66. The number of halogens is 5. The van der Waals surface area contributed by atoms with Crippen molar-refractivity contribution in [1.82, 2.24) is 0 Å². The highest BCUT2D eigenvalue weighted by Crippen LogP contribution is 2.35. The highest BCUT2D eigenvalue weighted by atomic mass is 32.2. The number of rotatable bonds is 3. The molecule has 9 heteroatoms. The van der Waals surface area contributed by atoms with E-state index in [1.165, 1.54) is 6.07 Å². The van der Waals surface area contributed by atoms with E-state index in [-0.39, 0.29) is 0 Å². The van der Waals surface area contributed by atoms with Crippen LogP contribution in [0.3, 0.4) is 0 Å². The van der Waals surface area contributed by atoms with Gasteiger partial charge in [-0.15, -0.1) is 0 Å². The lowest BCUT2D eigenvalue weighted by Gasteiger charge is -2.14. The molecule has 0 aliphatic heterocycles. The van der Waals surface area contributed by atoms with Crippen molar-refractivity contribution < 1.29 is 30.4 Å². The second kappa shape index (κ2) is 5.56. The largest absolute Gasteiger partial charge is 0.418 e. The molecule has 0 bridgehead atoms. The third kappa shape index (κ3) is 3.35. The van der Waals surface area contributed by atoms with Crippen LogP contribution in [-0.4, -0.2) is 8.42 Å². The molecule has 0 spiro atoms. The van der Waals surface area contributed by atoms with E-state index < -0.39 is 44.0 Å². The fourth-order valence-corrected chi connectivity index (χ4v) is 2.87. The van der Waals surface area contributed by atoms with Crippen molar-refractivity contribution in [2.75, 3.05) is 4.72 Å². The highest BCUT2D eigenvalue weighted by molar-refractivity contribution is 7.92. The molecule has 0 fully saturated rings. The molecule has 0 aliphatic carbocycles. The molecule has 0 unspecified atom stereocenters. The first-order chi connectivity index (χ1) is 10.1. The molecule has 3 nitrogen and oxygen atoms in total. The average molecular weight is 337 g/mol. The molecule has 2 aromatic rings. The zero-order chi connectivity index (χ0) is 16.5. The first kappa shape index (κ1) is 16.2. The van der Waals surface area contributed by atoms with Crippen LogP contribution in [0.5, 0.6) is 0 Å². The van der Waals surface area contributed by atoms with Crippen molar-refractivity contribution in [2.45, 2.75) is 11.1 Å². The predicted octanol–water partition coefficient (Wildman–Crippen LogP) is 3.78. The average Bonchev–Trinajstić information content (AvgIpc) is 2.40. The van der Waals surface area contributed by atoms with Gasteiger partial charge in [0.2, 0.25) is 0 Å². The predicted molar refractivity (Wildman–Crippen MR) is 68.6 cm³/mol. The summed E-state index contributed by atoms with van der Waals surface area (Å²) in [5.74, 6) is -2.32. The summed E-state index contributed by atoms with van der Waals surface area (Å²) in [6, 6.07) is 5.43. The molecular formula is C13H8F5NO2S. The van der Waals surface area contributed by atoms with Gasteiger partial charge in [-0.25, -0.2) is 17.2 Å². The van der Waals surface area contributed by atoms with Crippen molar-refractivity contribution in [3.8, 4) is 0 Å². The number of anilines is 1. The van der Waals surface area contributed by atoms with Crippen LogP contribution < -0.4 is 4.72 Å². The second-order valence-corrected chi connectivity index (χ2v) is 5.87. The van der Waals surface area contributed by atoms with Crippen LogP contribution in [0.4, 0.5) is 27.6 Å². The lowest BCUT2D eigenvalue weighted by atomic mass is 10.2. The fourth-order valence-electron chi connectivity index (χ4n) is 1.70. The van der Waals surface area contributed by atoms with Gasteiger partial charge in [0, 0.05) is 0 Å². The molecule has 1 N–H and O–H groups in total. The van der Waals surface area contributed by atoms with E-state index in [0.717, 1.165) is 12.1 Å². The second-order valence-electron chi connectivity index (χ2n) is 4.22. The smallest absolute Gasteiger partial charge is 0.279 e. The van der Waals surface area contributed by atoms with Gasteiger partial charge in [0.05, 0.1) is 11.3 Å². The molecule has 0 amide bonds. The topological polar surface area (TPSA) is 46.2 Å². The Bertz CT molecular complexity index is 802. The number of hydrogen-bond donors (Lipinski definition) is 1. The lowest BCUT2D eigenvalue weighted by Crippen LogP contribution is -2.18. The molecule has 2 aromatic carbocycles. The van der Waals surface area contributed by atoms with Gasteiger partial charge in [0.1, 0.15) is 16.5 Å². The Morgan fingerprint density at radius 3 is 2.23 bits per heavy atom. The summed E-state index contributed by atoms with van der Waals surface area (Å²) in [4.78, 5) is -1.08. The molecule has 0 heterocycles.